The van der Waals surface area contributed by atoms with E-state index in [1.54, 1.807) is 6.20 Å². The maximum Gasteiger partial charge on any atom is 0.121 e. The Balaban J connectivity index is 2.26. The third-order valence-corrected chi connectivity index (χ3v) is 4.47. The Morgan fingerprint density at radius 3 is 2.79 bits per heavy atom. The normalized spacial score (nSPS) is 28.5. The molecule has 1 N–H and O–H groups in total. The number of likely N-dealkylation sites (tertiary alicyclic amines) is 1. The second-order valence-electron chi connectivity index (χ2n) is 5.87. The number of aromatic nitrogens is 2. The summed E-state index contributed by atoms with van der Waals surface area (Å²) in [5, 5.41) is 15.4. The van der Waals surface area contributed by atoms with Crippen molar-refractivity contribution in [3.05, 3.63) is 16.4 Å². The quantitative estimate of drug-likeness (QED) is 0.898. The fraction of sp³-hybridized carbons (Fsp3) is 0.769. The van der Waals surface area contributed by atoms with Crippen LogP contribution in [-0.2, 0) is 12.1 Å². The molecule has 0 radical (unpaired) electrons. The summed E-state index contributed by atoms with van der Waals surface area (Å²) in [5.41, 5.74) is 0.0982. The summed E-state index contributed by atoms with van der Waals surface area (Å²) < 4.78 is 2.83. The van der Waals surface area contributed by atoms with Gasteiger partial charge in [-0.3, -0.25) is 4.68 Å². The van der Waals surface area contributed by atoms with Crippen LogP contribution in [0, 0.1) is 0 Å². The number of halogens is 1. The molecule has 5 nitrogen and oxygen atoms in total. The van der Waals surface area contributed by atoms with Gasteiger partial charge in [0.2, 0.25) is 0 Å². The first-order valence-corrected chi connectivity index (χ1v) is 7.42. The zero-order valence-electron chi connectivity index (χ0n) is 12.1. The summed E-state index contributed by atoms with van der Waals surface area (Å²) in [5.74, 6) is 0. The zero-order chi connectivity index (χ0) is 14.2. The van der Waals surface area contributed by atoms with Crippen LogP contribution in [0.3, 0.4) is 0 Å². The van der Waals surface area contributed by atoms with Gasteiger partial charge in [-0.1, -0.05) is 0 Å². The molecule has 0 saturated carbocycles. The molecular formula is C13H23BrN4O. The minimum absolute atomic E-state index is 0.383. The molecule has 1 aromatic heterocycles. The van der Waals surface area contributed by atoms with Crippen molar-refractivity contribution in [3.8, 4) is 0 Å². The molecule has 1 aromatic rings. The number of nitrogens with zero attached hydrogens (tertiary/aromatic N) is 4. The van der Waals surface area contributed by atoms with Crippen LogP contribution >= 0.6 is 15.9 Å². The molecule has 0 aromatic carbocycles. The SMILES string of the molecule is CC1CC(O)(c2c(Br)cnn2CCN(C)C)CN1C. The van der Waals surface area contributed by atoms with E-state index < -0.39 is 5.60 Å². The van der Waals surface area contributed by atoms with E-state index in [1.165, 1.54) is 0 Å². The van der Waals surface area contributed by atoms with Crippen molar-refractivity contribution in [1.82, 2.24) is 19.6 Å². The van der Waals surface area contributed by atoms with E-state index in [4.69, 9.17) is 0 Å². The predicted octanol–water partition coefficient (Wildman–Crippen LogP) is 1.12. The van der Waals surface area contributed by atoms with Crippen molar-refractivity contribution in [3.63, 3.8) is 0 Å². The molecular weight excluding hydrogens is 308 g/mol. The van der Waals surface area contributed by atoms with E-state index in [0.29, 0.717) is 12.6 Å². The van der Waals surface area contributed by atoms with Crippen LogP contribution in [0.15, 0.2) is 10.7 Å². The number of rotatable bonds is 4. The first kappa shape index (κ1) is 15.0. The Kier molecular flexibility index (Phi) is 4.35. The van der Waals surface area contributed by atoms with Gasteiger partial charge >= 0.3 is 0 Å². The lowest BCUT2D eigenvalue weighted by Crippen LogP contribution is -2.33. The second kappa shape index (κ2) is 5.52. The van der Waals surface area contributed by atoms with E-state index in [9.17, 15) is 5.11 Å². The molecule has 0 amide bonds. The number of aliphatic hydroxyl groups is 1. The molecule has 0 spiro atoms. The molecule has 2 rings (SSSR count). The van der Waals surface area contributed by atoms with Crippen LogP contribution in [0.1, 0.15) is 19.0 Å². The number of likely N-dealkylation sites (N-methyl/N-ethyl adjacent to an activating group) is 2. The van der Waals surface area contributed by atoms with Gasteiger partial charge in [0, 0.05) is 19.1 Å². The predicted molar refractivity (Wildman–Crippen MR) is 79.1 cm³/mol. The van der Waals surface area contributed by atoms with Gasteiger partial charge in [0.1, 0.15) is 5.60 Å². The molecule has 2 unspecified atom stereocenters. The Morgan fingerprint density at radius 1 is 1.58 bits per heavy atom. The highest BCUT2D eigenvalue weighted by molar-refractivity contribution is 9.10. The van der Waals surface area contributed by atoms with Gasteiger partial charge in [0.25, 0.3) is 0 Å². The zero-order valence-corrected chi connectivity index (χ0v) is 13.7. The molecule has 2 heterocycles. The minimum Gasteiger partial charge on any atom is -0.382 e. The number of hydrogen-bond donors (Lipinski definition) is 1. The molecule has 1 saturated heterocycles. The van der Waals surface area contributed by atoms with E-state index in [-0.39, 0.29) is 0 Å². The average molecular weight is 331 g/mol. The van der Waals surface area contributed by atoms with Gasteiger partial charge in [-0.25, -0.2) is 0 Å². The van der Waals surface area contributed by atoms with Gasteiger partial charge in [-0.2, -0.15) is 5.10 Å². The Labute approximate surface area is 123 Å². The summed E-state index contributed by atoms with van der Waals surface area (Å²) in [6, 6.07) is 0.383. The van der Waals surface area contributed by atoms with Gasteiger partial charge in [-0.15, -0.1) is 0 Å². The molecule has 0 aliphatic carbocycles. The largest absolute Gasteiger partial charge is 0.382 e. The molecule has 1 aliphatic rings. The summed E-state index contributed by atoms with van der Waals surface area (Å²) in [4.78, 5) is 4.31. The monoisotopic (exact) mass is 330 g/mol. The fourth-order valence-electron chi connectivity index (χ4n) is 2.74. The van der Waals surface area contributed by atoms with E-state index in [1.807, 2.05) is 18.8 Å². The van der Waals surface area contributed by atoms with Crippen LogP contribution in [0.4, 0.5) is 0 Å². The molecule has 6 heteroatoms. The van der Waals surface area contributed by atoms with Gasteiger partial charge in [0.05, 0.1) is 22.9 Å². The lowest BCUT2D eigenvalue weighted by Gasteiger charge is -2.25. The van der Waals surface area contributed by atoms with E-state index in [0.717, 1.165) is 29.7 Å². The minimum atomic E-state index is -0.810. The average Bonchev–Trinajstić information content (AvgIpc) is 2.78. The molecule has 1 fully saturated rings. The highest BCUT2D eigenvalue weighted by Crippen LogP contribution is 2.38. The molecule has 19 heavy (non-hydrogen) atoms. The maximum atomic E-state index is 11.0. The lowest BCUT2D eigenvalue weighted by molar-refractivity contribution is 0.0380. The fourth-order valence-corrected chi connectivity index (χ4v) is 3.40. The molecule has 2 atom stereocenters. The van der Waals surface area contributed by atoms with Crippen LogP contribution in [0.25, 0.3) is 0 Å². The summed E-state index contributed by atoms with van der Waals surface area (Å²) >= 11 is 3.53. The highest BCUT2D eigenvalue weighted by atomic mass is 79.9. The first-order valence-electron chi connectivity index (χ1n) is 6.62. The third kappa shape index (κ3) is 3.02. The van der Waals surface area contributed by atoms with Crippen molar-refractivity contribution in [2.75, 3.05) is 34.2 Å². The van der Waals surface area contributed by atoms with Crippen LogP contribution in [0.2, 0.25) is 0 Å². The topological polar surface area (TPSA) is 44.5 Å². The van der Waals surface area contributed by atoms with Crippen LogP contribution in [0.5, 0.6) is 0 Å². The first-order chi connectivity index (χ1) is 8.83. The standard InChI is InChI=1S/C13H23BrN4O/c1-10-7-13(19,9-17(10)4)12-11(14)8-15-18(12)6-5-16(2)3/h8,10,19H,5-7,9H2,1-4H3. The lowest BCUT2D eigenvalue weighted by atomic mass is 9.96. The van der Waals surface area contributed by atoms with Crippen LogP contribution in [-0.4, -0.2) is 65.0 Å². The number of β-amino-alcohol motifs (C(OH)–C–C–N with tert-alkyl or cyclic N) is 1. The summed E-state index contributed by atoms with van der Waals surface area (Å²) in [6.45, 7) is 4.49. The van der Waals surface area contributed by atoms with Crippen LogP contribution < -0.4 is 0 Å². The number of hydrogen-bond acceptors (Lipinski definition) is 4. The Hall–Kier alpha value is -0.430. The highest BCUT2D eigenvalue weighted by Gasteiger charge is 2.43. The van der Waals surface area contributed by atoms with Crippen molar-refractivity contribution in [1.29, 1.82) is 0 Å². The smallest absolute Gasteiger partial charge is 0.121 e. The van der Waals surface area contributed by atoms with Crippen molar-refractivity contribution >= 4 is 15.9 Å². The summed E-state index contributed by atoms with van der Waals surface area (Å²) in [7, 11) is 6.13. The van der Waals surface area contributed by atoms with Crippen molar-refractivity contribution in [2.24, 2.45) is 0 Å². The van der Waals surface area contributed by atoms with E-state index in [2.05, 4.69) is 44.8 Å². The molecule has 108 valence electrons. The van der Waals surface area contributed by atoms with Gasteiger partial charge in [-0.05, 0) is 50.4 Å². The molecule has 0 bridgehead atoms. The summed E-state index contributed by atoms with van der Waals surface area (Å²) in [6.07, 6.45) is 2.53. The molecule has 1 aliphatic heterocycles. The van der Waals surface area contributed by atoms with E-state index >= 15 is 0 Å². The van der Waals surface area contributed by atoms with Gasteiger partial charge in [0.15, 0.2) is 0 Å². The Bertz CT molecular complexity index is 436. The maximum absolute atomic E-state index is 11.0. The Morgan fingerprint density at radius 2 is 2.26 bits per heavy atom. The van der Waals surface area contributed by atoms with Crippen molar-refractivity contribution < 1.29 is 5.11 Å². The third-order valence-electron chi connectivity index (χ3n) is 3.89. The second-order valence-corrected chi connectivity index (χ2v) is 6.72. The van der Waals surface area contributed by atoms with Gasteiger partial charge < -0.3 is 14.9 Å². The van der Waals surface area contributed by atoms with Crippen molar-refractivity contribution in [2.45, 2.75) is 31.5 Å².